The molecule has 2 nitrogen and oxygen atoms in total. The fraction of sp³-hybridized carbons (Fsp3) is 0.562. The van der Waals surface area contributed by atoms with E-state index in [0.29, 0.717) is 9.67 Å². The third kappa shape index (κ3) is 7.58. The maximum absolute atomic E-state index is 11.2. The summed E-state index contributed by atoms with van der Waals surface area (Å²) in [6.07, 6.45) is 14.1. The van der Waals surface area contributed by atoms with Gasteiger partial charge in [-0.15, -0.1) is 0 Å². The number of halogens is 1. The Labute approximate surface area is 228 Å². The number of aromatic hydroxyl groups is 1. The summed E-state index contributed by atoms with van der Waals surface area (Å²) in [4.78, 5) is 0. The van der Waals surface area contributed by atoms with Gasteiger partial charge in [0.2, 0.25) is 0 Å². The Bertz CT molecular complexity index is 964. The van der Waals surface area contributed by atoms with Crippen LogP contribution >= 0.6 is 22.6 Å². The van der Waals surface area contributed by atoms with Gasteiger partial charge < -0.3 is 10.2 Å². The molecule has 0 aliphatic heterocycles. The first-order valence-electron chi connectivity index (χ1n) is 13.6. The Balaban J connectivity index is 2.27. The van der Waals surface area contributed by atoms with Gasteiger partial charge in [-0.1, -0.05) is 131 Å². The normalized spacial score (nSPS) is 16.2. The molecule has 2 rings (SSSR count). The first kappa shape index (κ1) is 29.9. The van der Waals surface area contributed by atoms with E-state index < -0.39 is 5.60 Å². The number of alkyl halides is 1. The third-order valence-electron chi connectivity index (χ3n) is 7.88. The third-order valence-corrected chi connectivity index (χ3v) is 8.95. The standard InChI is InChI=1S/C32H47IO2/c1-7-10-11-12-13-14-20-31(35,8-2)21-19-27-15-16-28(22-24(27)4)32(9-3,26(6)33)29-17-18-30(34)25(5)23-29/h15-19,21-23,26,34-35H,7-14,20H2,1-6H3. The summed E-state index contributed by atoms with van der Waals surface area (Å²) in [6, 6.07) is 12.8. The molecule has 3 heteroatoms. The second-order valence-electron chi connectivity index (χ2n) is 10.3. The molecule has 0 spiro atoms. The van der Waals surface area contributed by atoms with Crippen LogP contribution in [0.15, 0.2) is 42.5 Å². The van der Waals surface area contributed by atoms with E-state index in [4.69, 9.17) is 0 Å². The van der Waals surface area contributed by atoms with E-state index in [1.54, 1.807) is 0 Å². The molecule has 35 heavy (non-hydrogen) atoms. The molecule has 0 amide bonds. The fourth-order valence-electron chi connectivity index (χ4n) is 5.22. The van der Waals surface area contributed by atoms with Gasteiger partial charge in [0.05, 0.1) is 5.60 Å². The van der Waals surface area contributed by atoms with Crippen LogP contribution < -0.4 is 0 Å². The Morgan fingerprint density at radius 3 is 2.00 bits per heavy atom. The molecule has 0 fully saturated rings. The Kier molecular flexibility index (Phi) is 11.8. The zero-order valence-electron chi connectivity index (χ0n) is 22.8. The van der Waals surface area contributed by atoms with E-state index >= 15 is 0 Å². The van der Waals surface area contributed by atoms with Crippen LogP contribution in [0.3, 0.4) is 0 Å². The zero-order valence-corrected chi connectivity index (χ0v) is 25.0. The van der Waals surface area contributed by atoms with Gasteiger partial charge in [0.15, 0.2) is 0 Å². The first-order chi connectivity index (χ1) is 16.6. The van der Waals surface area contributed by atoms with E-state index in [9.17, 15) is 10.2 Å². The number of hydrogen-bond donors (Lipinski definition) is 2. The van der Waals surface area contributed by atoms with Crippen molar-refractivity contribution in [3.05, 3.63) is 70.3 Å². The Morgan fingerprint density at radius 2 is 1.46 bits per heavy atom. The highest BCUT2D eigenvalue weighted by Crippen LogP contribution is 2.44. The summed E-state index contributed by atoms with van der Waals surface area (Å²) >= 11 is 2.55. The number of hydrogen-bond acceptors (Lipinski definition) is 2. The predicted molar refractivity (Wildman–Crippen MR) is 161 cm³/mol. The average molecular weight is 591 g/mol. The largest absolute Gasteiger partial charge is 0.508 e. The lowest BCUT2D eigenvalue weighted by molar-refractivity contribution is 0.0752. The van der Waals surface area contributed by atoms with Crippen LogP contribution in [0.5, 0.6) is 5.75 Å². The molecule has 0 aliphatic carbocycles. The minimum Gasteiger partial charge on any atom is -0.508 e. The maximum atomic E-state index is 11.2. The van der Waals surface area contributed by atoms with Gasteiger partial charge in [-0.25, -0.2) is 0 Å². The number of phenolic OH excluding ortho intramolecular Hbond substituents is 1. The van der Waals surface area contributed by atoms with Crippen molar-refractivity contribution >= 4 is 28.7 Å². The number of unbranched alkanes of at least 4 members (excludes halogenated alkanes) is 5. The average Bonchev–Trinajstić information content (AvgIpc) is 2.83. The molecule has 0 aromatic heterocycles. The Morgan fingerprint density at radius 1 is 0.857 bits per heavy atom. The second-order valence-corrected chi connectivity index (χ2v) is 12.2. The molecular formula is C32H47IO2. The van der Waals surface area contributed by atoms with Gasteiger partial charge in [-0.05, 0) is 67.0 Å². The molecular weight excluding hydrogens is 543 g/mol. The van der Waals surface area contributed by atoms with Crippen LogP contribution in [0, 0.1) is 13.8 Å². The molecule has 2 N–H and O–H groups in total. The quantitative estimate of drug-likeness (QED) is 0.131. The molecule has 194 valence electrons. The van der Waals surface area contributed by atoms with E-state index in [0.717, 1.165) is 36.8 Å². The highest BCUT2D eigenvalue weighted by atomic mass is 127. The molecule has 0 radical (unpaired) electrons. The van der Waals surface area contributed by atoms with Crippen LogP contribution in [0.1, 0.15) is 113 Å². The summed E-state index contributed by atoms with van der Waals surface area (Å²) in [5, 5.41) is 21.2. The van der Waals surface area contributed by atoms with E-state index in [2.05, 4.69) is 93.6 Å². The molecule has 0 saturated heterocycles. The van der Waals surface area contributed by atoms with Crippen molar-refractivity contribution in [1.82, 2.24) is 0 Å². The Hall–Kier alpha value is -1.33. The lowest BCUT2D eigenvalue weighted by Gasteiger charge is -2.38. The van der Waals surface area contributed by atoms with E-state index in [-0.39, 0.29) is 5.41 Å². The summed E-state index contributed by atoms with van der Waals surface area (Å²) in [5.41, 5.74) is 4.99. The minimum absolute atomic E-state index is 0.131. The SMILES string of the molecule is CCCCCCCCC(O)(C=Cc1ccc(C(CC)(c2ccc(O)c(C)c2)C(C)I)cc1C)CC. The number of benzene rings is 2. The van der Waals surface area contributed by atoms with Crippen molar-refractivity contribution in [3.8, 4) is 5.75 Å². The zero-order chi connectivity index (χ0) is 26.1. The van der Waals surface area contributed by atoms with Crippen LogP contribution in [0.25, 0.3) is 6.08 Å². The molecule has 0 saturated carbocycles. The van der Waals surface area contributed by atoms with Gasteiger partial charge in [0.25, 0.3) is 0 Å². The predicted octanol–water partition coefficient (Wildman–Crippen LogP) is 9.43. The van der Waals surface area contributed by atoms with Crippen molar-refractivity contribution < 1.29 is 10.2 Å². The molecule has 0 heterocycles. The second kappa shape index (κ2) is 13.8. The molecule has 3 unspecified atom stereocenters. The number of aryl methyl sites for hydroxylation is 2. The number of aliphatic hydroxyl groups is 1. The summed E-state index contributed by atoms with van der Waals surface area (Å²) < 4.78 is 0.373. The van der Waals surface area contributed by atoms with Crippen LogP contribution in [-0.2, 0) is 5.41 Å². The van der Waals surface area contributed by atoms with Crippen molar-refractivity contribution in [2.75, 3.05) is 0 Å². The van der Waals surface area contributed by atoms with Gasteiger partial charge in [-0.3, -0.25) is 0 Å². The summed E-state index contributed by atoms with van der Waals surface area (Å²) in [5.74, 6) is 0.348. The minimum atomic E-state index is -0.733. The molecule has 2 aromatic carbocycles. The van der Waals surface area contributed by atoms with Gasteiger partial charge in [-0.2, -0.15) is 0 Å². The van der Waals surface area contributed by atoms with Gasteiger partial charge in [0.1, 0.15) is 5.75 Å². The fourth-order valence-corrected chi connectivity index (χ4v) is 6.38. The number of rotatable bonds is 14. The van der Waals surface area contributed by atoms with Gasteiger partial charge >= 0.3 is 0 Å². The van der Waals surface area contributed by atoms with Crippen molar-refractivity contribution in [3.63, 3.8) is 0 Å². The summed E-state index contributed by atoms with van der Waals surface area (Å²) in [6.45, 7) is 13.0. The topological polar surface area (TPSA) is 40.5 Å². The monoisotopic (exact) mass is 590 g/mol. The molecule has 3 atom stereocenters. The van der Waals surface area contributed by atoms with E-state index in [1.165, 1.54) is 48.8 Å². The smallest absolute Gasteiger partial charge is 0.118 e. The van der Waals surface area contributed by atoms with Gasteiger partial charge in [0, 0.05) is 9.34 Å². The first-order valence-corrected chi connectivity index (χ1v) is 14.8. The molecule has 0 aliphatic rings. The van der Waals surface area contributed by atoms with Crippen LogP contribution in [0.4, 0.5) is 0 Å². The highest BCUT2D eigenvalue weighted by molar-refractivity contribution is 14.1. The van der Waals surface area contributed by atoms with Crippen molar-refractivity contribution in [1.29, 1.82) is 0 Å². The van der Waals surface area contributed by atoms with Crippen LogP contribution in [-0.4, -0.2) is 19.7 Å². The van der Waals surface area contributed by atoms with Crippen LogP contribution in [0.2, 0.25) is 0 Å². The number of phenols is 1. The molecule has 2 aromatic rings. The lowest BCUT2D eigenvalue weighted by Crippen LogP contribution is -2.35. The molecule has 0 bridgehead atoms. The van der Waals surface area contributed by atoms with E-state index in [1.807, 2.05) is 19.1 Å². The van der Waals surface area contributed by atoms with Crippen molar-refractivity contribution in [2.24, 2.45) is 0 Å². The highest BCUT2D eigenvalue weighted by Gasteiger charge is 2.37. The maximum Gasteiger partial charge on any atom is 0.118 e. The summed E-state index contributed by atoms with van der Waals surface area (Å²) in [7, 11) is 0. The van der Waals surface area contributed by atoms with Crippen molar-refractivity contribution in [2.45, 2.75) is 114 Å². The lowest BCUT2D eigenvalue weighted by atomic mass is 9.69.